The Balaban J connectivity index is 1.45. The van der Waals surface area contributed by atoms with Crippen LogP contribution < -0.4 is 10.1 Å². The normalized spacial score (nSPS) is 22.6. The quantitative estimate of drug-likeness (QED) is 0.616. The van der Waals surface area contributed by atoms with E-state index >= 15 is 0 Å². The van der Waals surface area contributed by atoms with Crippen LogP contribution in [0.15, 0.2) is 18.5 Å². The lowest BCUT2D eigenvalue weighted by molar-refractivity contribution is -0.135. The highest BCUT2D eigenvalue weighted by molar-refractivity contribution is 5.79. The lowest BCUT2D eigenvalue weighted by Crippen LogP contribution is -2.43. The van der Waals surface area contributed by atoms with Crippen molar-refractivity contribution in [2.24, 2.45) is 7.05 Å². The Kier molecular flexibility index (Phi) is 4.94. The van der Waals surface area contributed by atoms with Crippen molar-refractivity contribution in [2.45, 2.75) is 37.0 Å². The maximum absolute atomic E-state index is 13.2. The minimum Gasteiger partial charge on any atom is -0.471 e. The van der Waals surface area contributed by atoms with E-state index in [0.717, 1.165) is 0 Å². The molecule has 1 saturated carbocycles. The van der Waals surface area contributed by atoms with E-state index in [4.69, 9.17) is 14.2 Å². The SMILES string of the molecule is CO[C@H]1COC[C@H]1n1c(C#N)cc2cnc(Nc3cn(C)nc3OC3CC(F)(F)C3)nc21. The van der Waals surface area contributed by atoms with Gasteiger partial charge in [-0.05, 0) is 6.07 Å². The zero-order chi connectivity index (χ0) is 22.5. The Bertz CT molecular complexity index is 1190. The number of hydrogen-bond donors (Lipinski definition) is 1. The van der Waals surface area contributed by atoms with Crippen LogP contribution in [0.4, 0.5) is 20.4 Å². The van der Waals surface area contributed by atoms with Crippen LogP contribution in [0.5, 0.6) is 5.88 Å². The van der Waals surface area contributed by atoms with Crippen molar-refractivity contribution in [1.29, 1.82) is 5.26 Å². The molecule has 1 aliphatic heterocycles. The second kappa shape index (κ2) is 7.68. The van der Waals surface area contributed by atoms with Gasteiger partial charge < -0.3 is 24.1 Å². The molecule has 0 unspecified atom stereocenters. The van der Waals surface area contributed by atoms with Gasteiger partial charge >= 0.3 is 0 Å². The molecule has 0 radical (unpaired) electrons. The van der Waals surface area contributed by atoms with Crippen LogP contribution in [0, 0.1) is 11.3 Å². The summed E-state index contributed by atoms with van der Waals surface area (Å²) in [5, 5.41) is 17.6. The molecule has 10 nitrogen and oxygen atoms in total. The van der Waals surface area contributed by atoms with E-state index in [9.17, 15) is 14.0 Å². The molecule has 32 heavy (non-hydrogen) atoms. The molecule has 0 spiro atoms. The molecule has 168 valence electrons. The molecule has 1 aliphatic carbocycles. The molecule has 2 atom stereocenters. The summed E-state index contributed by atoms with van der Waals surface area (Å²) in [7, 11) is 3.31. The summed E-state index contributed by atoms with van der Waals surface area (Å²) < 4.78 is 46.3. The number of nitrogens with zero attached hydrogens (tertiary/aromatic N) is 6. The van der Waals surface area contributed by atoms with Gasteiger partial charge in [0.25, 0.3) is 11.8 Å². The van der Waals surface area contributed by atoms with Gasteiger partial charge in [0.1, 0.15) is 35.3 Å². The minimum absolute atomic E-state index is 0.201. The van der Waals surface area contributed by atoms with Gasteiger partial charge in [0.05, 0.1) is 25.5 Å². The van der Waals surface area contributed by atoms with E-state index in [0.29, 0.717) is 35.6 Å². The van der Waals surface area contributed by atoms with Gasteiger partial charge in [-0.15, -0.1) is 5.10 Å². The Morgan fingerprint density at radius 1 is 1.34 bits per heavy atom. The lowest BCUT2D eigenvalue weighted by atomic mass is 9.91. The average molecular weight is 445 g/mol. The maximum atomic E-state index is 13.2. The fourth-order valence-corrected chi connectivity index (χ4v) is 4.09. The van der Waals surface area contributed by atoms with E-state index in [1.54, 1.807) is 37.2 Å². The molecule has 2 fully saturated rings. The van der Waals surface area contributed by atoms with Gasteiger partial charge in [0.15, 0.2) is 0 Å². The second-order valence-corrected chi connectivity index (χ2v) is 8.01. The number of anilines is 2. The molecule has 3 aromatic heterocycles. The molecule has 0 bridgehead atoms. The molecule has 0 amide bonds. The van der Waals surface area contributed by atoms with Crippen molar-refractivity contribution < 1.29 is 23.0 Å². The molecule has 5 rings (SSSR count). The number of alkyl halides is 2. The van der Waals surface area contributed by atoms with Gasteiger partial charge in [-0.25, -0.2) is 13.8 Å². The van der Waals surface area contributed by atoms with E-state index in [1.807, 2.05) is 0 Å². The smallest absolute Gasteiger partial charge is 0.257 e. The van der Waals surface area contributed by atoms with Gasteiger partial charge in [-0.1, -0.05) is 0 Å². The first-order valence-electron chi connectivity index (χ1n) is 10.1. The Morgan fingerprint density at radius 2 is 2.16 bits per heavy atom. The number of hydrogen-bond acceptors (Lipinski definition) is 8. The number of fused-ring (bicyclic) bond motifs is 1. The van der Waals surface area contributed by atoms with Crippen LogP contribution in [0.1, 0.15) is 24.6 Å². The predicted octanol–water partition coefficient (Wildman–Crippen LogP) is 2.54. The third kappa shape index (κ3) is 3.63. The minimum atomic E-state index is -2.69. The fraction of sp³-hybridized carbons (Fsp3) is 0.500. The molecule has 3 aromatic rings. The number of aryl methyl sites for hydroxylation is 1. The standard InChI is InChI=1S/C20H21F2N7O3/c1-28-8-14(18(27-28)32-13-4-20(21,22)5-13)25-19-24-7-11-3-12(6-23)29(17(11)26-19)15-9-31-10-16(15)30-2/h3,7-8,13,15-16H,4-5,9-10H2,1-2H3,(H,24,25,26)/t15-,16+/m1/s1. The number of ether oxygens (including phenoxy) is 3. The Hall–Kier alpha value is -3.30. The maximum Gasteiger partial charge on any atom is 0.257 e. The average Bonchev–Trinajstić information content (AvgIpc) is 3.42. The van der Waals surface area contributed by atoms with Gasteiger partial charge in [0, 0.05) is 38.6 Å². The molecular formula is C20H21F2N7O3. The predicted molar refractivity (Wildman–Crippen MR) is 108 cm³/mol. The van der Waals surface area contributed by atoms with Crippen LogP contribution in [0.25, 0.3) is 11.0 Å². The van der Waals surface area contributed by atoms with Crippen LogP contribution in [0.2, 0.25) is 0 Å². The molecule has 2 aliphatic rings. The Morgan fingerprint density at radius 3 is 2.88 bits per heavy atom. The third-order valence-electron chi connectivity index (χ3n) is 5.70. The van der Waals surface area contributed by atoms with Crippen LogP contribution >= 0.6 is 0 Å². The molecular weight excluding hydrogens is 424 g/mol. The number of halogens is 2. The monoisotopic (exact) mass is 445 g/mol. The highest BCUT2D eigenvalue weighted by Crippen LogP contribution is 2.41. The summed E-state index contributed by atoms with van der Waals surface area (Å²) in [6.45, 7) is 0.828. The topological polar surface area (TPSA) is 112 Å². The summed E-state index contributed by atoms with van der Waals surface area (Å²) in [6.07, 6.45) is 1.81. The molecule has 0 aromatic carbocycles. The van der Waals surface area contributed by atoms with E-state index < -0.39 is 12.0 Å². The van der Waals surface area contributed by atoms with Gasteiger partial charge in [0.2, 0.25) is 5.95 Å². The molecule has 1 N–H and O–H groups in total. The van der Waals surface area contributed by atoms with Crippen LogP contribution in [-0.4, -0.2) is 62.8 Å². The number of nitriles is 1. The lowest BCUT2D eigenvalue weighted by Gasteiger charge is -2.34. The zero-order valence-corrected chi connectivity index (χ0v) is 17.5. The fourth-order valence-electron chi connectivity index (χ4n) is 4.09. The first-order valence-corrected chi connectivity index (χ1v) is 10.1. The van der Waals surface area contributed by atoms with Crippen molar-refractivity contribution in [3.05, 3.63) is 24.2 Å². The molecule has 4 heterocycles. The van der Waals surface area contributed by atoms with E-state index in [-0.39, 0.29) is 36.8 Å². The Labute approximate surface area is 181 Å². The van der Waals surface area contributed by atoms with Crippen LogP contribution in [-0.2, 0) is 16.5 Å². The third-order valence-corrected chi connectivity index (χ3v) is 5.70. The second-order valence-electron chi connectivity index (χ2n) is 8.01. The number of nitrogens with one attached hydrogen (secondary N) is 1. The zero-order valence-electron chi connectivity index (χ0n) is 17.5. The van der Waals surface area contributed by atoms with E-state index in [2.05, 4.69) is 26.5 Å². The van der Waals surface area contributed by atoms with Crippen LogP contribution in [0.3, 0.4) is 0 Å². The molecule has 12 heteroatoms. The summed E-state index contributed by atoms with van der Waals surface area (Å²) in [6, 6.07) is 3.72. The van der Waals surface area contributed by atoms with Crippen molar-refractivity contribution in [2.75, 3.05) is 25.6 Å². The highest BCUT2D eigenvalue weighted by Gasteiger charge is 2.47. The number of aromatic nitrogens is 5. The summed E-state index contributed by atoms with van der Waals surface area (Å²) in [5.74, 6) is -2.23. The summed E-state index contributed by atoms with van der Waals surface area (Å²) in [5.41, 5.74) is 1.45. The van der Waals surface area contributed by atoms with E-state index in [1.165, 1.54) is 4.68 Å². The number of methoxy groups -OCH3 is 1. The van der Waals surface area contributed by atoms with Crippen molar-refractivity contribution >= 4 is 22.7 Å². The van der Waals surface area contributed by atoms with Crippen molar-refractivity contribution in [3.63, 3.8) is 0 Å². The number of rotatable bonds is 6. The summed E-state index contributed by atoms with van der Waals surface area (Å²) in [4.78, 5) is 8.93. The molecule has 1 saturated heterocycles. The first kappa shape index (κ1) is 20.6. The van der Waals surface area contributed by atoms with Gasteiger partial charge in [-0.2, -0.15) is 10.2 Å². The summed E-state index contributed by atoms with van der Waals surface area (Å²) >= 11 is 0. The largest absolute Gasteiger partial charge is 0.471 e. The van der Waals surface area contributed by atoms with Gasteiger partial charge in [-0.3, -0.25) is 4.68 Å². The highest BCUT2D eigenvalue weighted by atomic mass is 19.3. The van der Waals surface area contributed by atoms with Crippen molar-refractivity contribution in [3.8, 4) is 11.9 Å². The first-order chi connectivity index (χ1) is 15.4. The van der Waals surface area contributed by atoms with Crippen molar-refractivity contribution in [1.82, 2.24) is 24.3 Å².